The van der Waals surface area contributed by atoms with Crippen LogP contribution in [0.2, 0.25) is 0 Å². The van der Waals surface area contributed by atoms with Crippen molar-refractivity contribution in [2.75, 3.05) is 0 Å². The van der Waals surface area contributed by atoms with Crippen LogP contribution >= 0.6 is 0 Å². The van der Waals surface area contributed by atoms with Gasteiger partial charge in [-0.15, -0.1) is 0 Å². The largest absolute Gasteiger partial charge is 0.459 e. The summed E-state index contributed by atoms with van der Waals surface area (Å²) in [5, 5.41) is 10.8. The second kappa shape index (κ2) is 6.04. The Morgan fingerprint density at radius 1 is 1.08 bits per heavy atom. The zero-order valence-corrected chi connectivity index (χ0v) is 12.8. The first kappa shape index (κ1) is 14.3. The second-order valence-electron chi connectivity index (χ2n) is 5.46. The van der Waals surface area contributed by atoms with Gasteiger partial charge in [0, 0.05) is 10.9 Å². The molecule has 2 aromatic carbocycles. The molecule has 0 saturated carbocycles. The summed E-state index contributed by atoms with van der Waals surface area (Å²) in [6.07, 6.45) is 1.54. The molecule has 0 bridgehead atoms. The van der Waals surface area contributed by atoms with Gasteiger partial charge in [0.15, 0.2) is 0 Å². The molecule has 2 N–H and O–H groups in total. The first-order chi connectivity index (χ1) is 11.8. The maximum absolute atomic E-state index is 12.5. The minimum atomic E-state index is -0.192. The fraction of sp³-hybridized carbons (Fsp3) is 0.0526. The monoisotopic (exact) mass is 317 g/mol. The molecule has 4 rings (SSSR count). The summed E-state index contributed by atoms with van der Waals surface area (Å²) in [5.41, 5.74) is 2.95. The van der Waals surface area contributed by atoms with Gasteiger partial charge in [-0.3, -0.25) is 9.89 Å². The van der Waals surface area contributed by atoms with E-state index in [1.807, 2.05) is 60.7 Å². The summed E-state index contributed by atoms with van der Waals surface area (Å²) in [6, 6.07) is 19.3. The molecule has 0 atom stereocenters. The lowest BCUT2D eigenvalue weighted by Gasteiger charge is -2.04. The third kappa shape index (κ3) is 2.67. The molecule has 5 heteroatoms. The summed E-state index contributed by atoms with van der Waals surface area (Å²) < 4.78 is 5.71. The van der Waals surface area contributed by atoms with Crippen molar-refractivity contribution in [1.29, 1.82) is 0 Å². The molecule has 0 spiro atoms. The molecule has 118 valence electrons. The number of hydrogen-bond acceptors (Lipinski definition) is 3. The summed E-state index contributed by atoms with van der Waals surface area (Å²) in [5.74, 6) is 0.525. The third-order valence-electron chi connectivity index (χ3n) is 3.85. The molecule has 2 aromatic heterocycles. The highest BCUT2D eigenvalue weighted by Gasteiger charge is 2.15. The number of para-hydroxylation sites is 1. The normalized spacial score (nSPS) is 10.8. The van der Waals surface area contributed by atoms with Gasteiger partial charge in [-0.25, -0.2) is 0 Å². The Balaban J connectivity index is 1.52. The molecule has 2 heterocycles. The molecule has 0 aliphatic heterocycles. The molecule has 4 aromatic rings. The maximum atomic E-state index is 12.5. The molecule has 1 amide bonds. The van der Waals surface area contributed by atoms with Crippen LogP contribution in [0.3, 0.4) is 0 Å². The smallest absolute Gasteiger partial charge is 0.255 e. The Labute approximate surface area is 138 Å². The fourth-order valence-corrected chi connectivity index (χ4v) is 2.67. The van der Waals surface area contributed by atoms with Crippen LogP contribution < -0.4 is 5.32 Å². The van der Waals surface area contributed by atoms with Gasteiger partial charge in [0.1, 0.15) is 11.3 Å². The Hall–Kier alpha value is -3.34. The highest BCUT2D eigenvalue weighted by molar-refractivity contribution is 5.99. The average Bonchev–Trinajstić information content (AvgIpc) is 3.27. The molecular weight excluding hydrogens is 302 g/mol. The number of nitrogens with one attached hydrogen (secondary N) is 2. The van der Waals surface area contributed by atoms with Crippen molar-refractivity contribution >= 4 is 16.9 Å². The number of rotatable bonds is 4. The first-order valence-corrected chi connectivity index (χ1v) is 7.66. The molecule has 0 fully saturated rings. The van der Waals surface area contributed by atoms with Crippen LogP contribution in [-0.2, 0) is 6.54 Å². The third-order valence-corrected chi connectivity index (χ3v) is 3.85. The first-order valence-electron chi connectivity index (χ1n) is 7.66. The number of carbonyl (C=O) groups excluding carboxylic acids is 1. The van der Waals surface area contributed by atoms with E-state index in [-0.39, 0.29) is 5.91 Å². The quantitative estimate of drug-likeness (QED) is 0.602. The number of fused-ring (bicyclic) bond motifs is 1. The molecule has 0 aliphatic rings. The van der Waals surface area contributed by atoms with Gasteiger partial charge in [-0.2, -0.15) is 5.10 Å². The molecular formula is C19H15N3O2. The average molecular weight is 317 g/mol. The van der Waals surface area contributed by atoms with Crippen molar-refractivity contribution in [1.82, 2.24) is 15.5 Å². The van der Waals surface area contributed by atoms with Crippen LogP contribution in [0.25, 0.3) is 22.2 Å². The maximum Gasteiger partial charge on any atom is 0.255 e. The van der Waals surface area contributed by atoms with Gasteiger partial charge in [-0.1, -0.05) is 48.5 Å². The Morgan fingerprint density at radius 2 is 1.88 bits per heavy atom. The molecule has 0 unspecified atom stereocenters. The van der Waals surface area contributed by atoms with Crippen molar-refractivity contribution in [3.8, 4) is 11.3 Å². The molecule has 5 nitrogen and oxygen atoms in total. The minimum Gasteiger partial charge on any atom is -0.459 e. The summed E-state index contributed by atoms with van der Waals surface area (Å²) in [6.45, 7) is 0.326. The minimum absolute atomic E-state index is 0.192. The number of carbonyl (C=O) groups is 1. The van der Waals surface area contributed by atoms with Gasteiger partial charge in [-0.05, 0) is 12.1 Å². The number of aromatic amines is 1. The number of amides is 1. The number of aromatic nitrogens is 2. The van der Waals surface area contributed by atoms with Crippen molar-refractivity contribution in [2.45, 2.75) is 6.54 Å². The number of furan rings is 1. The van der Waals surface area contributed by atoms with E-state index in [4.69, 9.17) is 4.42 Å². The van der Waals surface area contributed by atoms with Gasteiger partial charge in [0.05, 0.1) is 24.0 Å². The van der Waals surface area contributed by atoms with Crippen LogP contribution in [0.5, 0.6) is 0 Å². The van der Waals surface area contributed by atoms with Crippen molar-refractivity contribution in [2.24, 2.45) is 0 Å². The Morgan fingerprint density at radius 3 is 2.71 bits per heavy atom. The lowest BCUT2D eigenvalue weighted by atomic mass is 10.1. The van der Waals surface area contributed by atoms with Crippen LogP contribution in [0.15, 0.2) is 71.3 Å². The summed E-state index contributed by atoms with van der Waals surface area (Å²) in [7, 11) is 0. The highest BCUT2D eigenvalue weighted by Crippen LogP contribution is 2.21. The Kier molecular flexibility index (Phi) is 3.59. The predicted molar refractivity (Wildman–Crippen MR) is 91.4 cm³/mol. The van der Waals surface area contributed by atoms with E-state index in [1.54, 1.807) is 0 Å². The zero-order valence-electron chi connectivity index (χ0n) is 12.8. The molecule has 0 radical (unpaired) electrons. The van der Waals surface area contributed by atoms with E-state index in [9.17, 15) is 4.79 Å². The van der Waals surface area contributed by atoms with E-state index in [0.717, 1.165) is 16.5 Å². The lowest BCUT2D eigenvalue weighted by Crippen LogP contribution is -2.22. The van der Waals surface area contributed by atoms with Crippen molar-refractivity contribution in [3.63, 3.8) is 0 Å². The summed E-state index contributed by atoms with van der Waals surface area (Å²) in [4.78, 5) is 12.5. The van der Waals surface area contributed by atoms with Crippen LogP contribution in [-0.4, -0.2) is 16.1 Å². The molecule has 0 aliphatic carbocycles. The van der Waals surface area contributed by atoms with E-state index in [2.05, 4.69) is 15.5 Å². The van der Waals surface area contributed by atoms with Crippen molar-refractivity contribution < 1.29 is 9.21 Å². The fourth-order valence-electron chi connectivity index (χ4n) is 2.67. The van der Waals surface area contributed by atoms with E-state index >= 15 is 0 Å². The molecule has 24 heavy (non-hydrogen) atoms. The standard InChI is InChI=1S/C19H15N3O2/c23-19(16-12-21-22-18(16)13-6-2-1-3-7-13)20-11-15-10-14-8-4-5-9-17(14)24-15/h1-10,12H,11H2,(H,20,23)(H,21,22). The lowest BCUT2D eigenvalue weighted by molar-refractivity contribution is 0.0949. The van der Waals surface area contributed by atoms with Gasteiger partial charge in [0.25, 0.3) is 5.91 Å². The topological polar surface area (TPSA) is 70.9 Å². The van der Waals surface area contributed by atoms with E-state index in [1.165, 1.54) is 6.20 Å². The number of hydrogen-bond donors (Lipinski definition) is 2. The summed E-state index contributed by atoms with van der Waals surface area (Å²) >= 11 is 0. The van der Waals surface area contributed by atoms with Gasteiger partial charge >= 0.3 is 0 Å². The van der Waals surface area contributed by atoms with Crippen LogP contribution in [0, 0.1) is 0 Å². The Bertz CT molecular complexity index is 953. The zero-order chi connectivity index (χ0) is 16.4. The van der Waals surface area contributed by atoms with Gasteiger partial charge in [0.2, 0.25) is 0 Å². The van der Waals surface area contributed by atoms with Crippen LogP contribution in [0.1, 0.15) is 16.1 Å². The second-order valence-corrected chi connectivity index (χ2v) is 5.46. The number of H-pyrrole nitrogens is 1. The van der Waals surface area contributed by atoms with E-state index in [0.29, 0.717) is 23.6 Å². The van der Waals surface area contributed by atoms with Crippen molar-refractivity contribution in [3.05, 3.63) is 78.2 Å². The number of nitrogens with zero attached hydrogens (tertiary/aromatic N) is 1. The SMILES string of the molecule is O=C(NCc1cc2ccccc2o1)c1cn[nH]c1-c1ccccc1. The van der Waals surface area contributed by atoms with E-state index < -0.39 is 0 Å². The highest BCUT2D eigenvalue weighted by atomic mass is 16.3. The van der Waals surface area contributed by atoms with Crippen LogP contribution in [0.4, 0.5) is 0 Å². The predicted octanol–water partition coefficient (Wildman–Crippen LogP) is 3.75. The molecule has 0 saturated heterocycles. The van der Waals surface area contributed by atoms with Gasteiger partial charge < -0.3 is 9.73 Å². The number of benzene rings is 2.